The fourth-order valence-electron chi connectivity index (χ4n) is 4.53. The number of nitrogens with zero attached hydrogens (tertiary/aromatic N) is 4. The Morgan fingerprint density at radius 1 is 1.14 bits per heavy atom. The van der Waals surface area contributed by atoms with Gasteiger partial charge in [-0.05, 0) is 43.6 Å². The van der Waals surface area contributed by atoms with Crippen LogP contribution in [0, 0.1) is 0 Å². The van der Waals surface area contributed by atoms with Crippen molar-refractivity contribution < 1.29 is 32.7 Å². The van der Waals surface area contributed by atoms with Crippen LogP contribution in [0.3, 0.4) is 0 Å². The predicted molar refractivity (Wildman–Crippen MR) is 160 cm³/mol. The first kappa shape index (κ1) is 32.9. The van der Waals surface area contributed by atoms with Gasteiger partial charge < -0.3 is 25.5 Å². The SMILES string of the molecule is C=C1/C=C\CC/C(C(=O)N[C@H](C)c2ncc(C(=O)Nc3cc(C(F)(F)F)c(Cl)cn3)s2)=C\C(N2CCN(C(=O)CO)CC2)=C/1. The molecule has 3 heterocycles. The highest BCUT2D eigenvalue weighted by molar-refractivity contribution is 7.13. The monoisotopic (exact) mass is 650 g/mol. The van der Waals surface area contributed by atoms with E-state index in [1.165, 1.54) is 6.20 Å². The minimum absolute atomic E-state index is 0.112. The number of pyridine rings is 1. The molecule has 2 aliphatic rings. The van der Waals surface area contributed by atoms with E-state index in [4.69, 9.17) is 16.7 Å². The summed E-state index contributed by atoms with van der Waals surface area (Å²) in [6.07, 6.45) is 5.91. The standard InChI is InChI=1S/C29H30ClF3N6O4S/c1-17-5-3-4-6-19(12-20(11-17)38-7-9-39(10-8-38)25(41)16-40)26(42)36-18(2)28-35-15-23(44-28)27(43)37-24-13-21(29(31,32)33)22(30)14-34-24/h3,5,11-15,18,40H,1,4,6-10,16H2,2H3,(H,36,42)(H,34,37,43)/b5-3-,19-12+,20-11+/t18-/m1/s1. The topological polar surface area (TPSA) is 128 Å². The second-order valence-electron chi connectivity index (χ2n) is 10.0. The molecule has 1 saturated heterocycles. The molecule has 0 unspecified atom stereocenters. The summed E-state index contributed by atoms with van der Waals surface area (Å²) in [6.45, 7) is 7.13. The summed E-state index contributed by atoms with van der Waals surface area (Å²) in [4.78, 5) is 49.7. The zero-order chi connectivity index (χ0) is 32.0. The molecule has 1 fully saturated rings. The number of hydrogen-bond acceptors (Lipinski definition) is 8. The molecule has 4 rings (SSSR count). The maximum Gasteiger partial charge on any atom is 0.418 e. The molecule has 1 atom stereocenters. The molecule has 10 nitrogen and oxygen atoms in total. The maximum atomic E-state index is 13.4. The lowest BCUT2D eigenvalue weighted by Gasteiger charge is -2.36. The highest BCUT2D eigenvalue weighted by Crippen LogP contribution is 2.35. The lowest BCUT2D eigenvalue weighted by atomic mass is 10.1. The molecule has 0 aromatic carbocycles. The van der Waals surface area contributed by atoms with Gasteiger partial charge in [0.1, 0.15) is 22.3 Å². The van der Waals surface area contributed by atoms with Crippen molar-refractivity contribution in [3.63, 3.8) is 0 Å². The van der Waals surface area contributed by atoms with E-state index in [9.17, 15) is 27.6 Å². The normalized spacial score (nSPS) is 19.8. The Morgan fingerprint density at radius 3 is 2.55 bits per heavy atom. The number of carbonyl (C=O) groups is 3. The van der Waals surface area contributed by atoms with Gasteiger partial charge in [-0.2, -0.15) is 13.2 Å². The molecule has 3 amide bonds. The van der Waals surface area contributed by atoms with Crippen molar-refractivity contribution in [2.75, 3.05) is 38.1 Å². The highest BCUT2D eigenvalue weighted by Gasteiger charge is 2.34. The number of halogens is 4. The Labute approximate surface area is 260 Å². The van der Waals surface area contributed by atoms with Gasteiger partial charge in [-0.1, -0.05) is 30.3 Å². The van der Waals surface area contributed by atoms with Gasteiger partial charge >= 0.3 is 6.18 Å². The smallest absolute Gasteiger partial charge is 0.387 e. The van der Waals surface area contributed by atoms with Crippen LogP contribution in [0.5, 0.6) is 0 Å². The van der Waals surface area contributed by atoms with Crippen LogP contribution in [0.2, 0.25) is 5.02 Å². The highest BCUT2D eigenvalue weighted by atomic mass is 35.5. The van der Waals surface area contributed by atoms with Crippen molar-refractivity contribution in [2.45, 2.75) is 32.0 Å². The van der Waals surface area contributed by atoms with E-state index in [2.05, 4.69) is 32.1 Å². The molecule has 0 radical (unpaired) electrons. The summed E-state index contributed by atoms with van der Waals surface area (Å²) in [6, 6.07) is 0.0663. The molecule has 1 aliphatic heterocycles. The van der Waals surface area contributed by atoms with Crippen LogP contribution >= 0.6 is 22.9 Å². The number of piperazine rings is 1. The number of anilines is 1. The number of allylic oxidation sites excluding steroid dienone is 5. The number of carbonyl (C=O) groups excluding carboxylic acids is 3. The molecule has 2 aromatic heterocycles. The van der Waals surface area contributed by atoms with E-state index in [0.717, 1.165) is 28.8 Å². The quantitative estimate of drug-likeness (QED) is 0.403. The Bertz CT molecular complexity index is 1530. The minimum atomic E-state index is -4.72. The number of aromatic nitrogens is 2. The number of hydrogen-bond donors (Lipinski definition) is 3. The molecular weight excluding hydrogens is 621 g/mol. The number of aliphatic hydroxyl groups excluding tert-OH is 1. The first-order valence-electron chi connectivity index (χ1n) is 13.6. The van der Waals surface area contributed by atoms with Gasteiger partial charge in [-0.25, -0.2) is 9.97 Å². The number of alkyl halides is 3. The summed E-state index contributed by atoms with van der Waals surface area (Å²) >= 11 is 6.58. The van der Waals surface area contributed by atoms with Crippen LogP contribution in [0.4, 0.5) is 19.0 Å². The summed E-state index contributed by atoms with van der Waals surface area (Å²) in [5.41, 5.74) is 0.923. The number of aliphatic hydroxyl groups is 1. The van der Waals surface area contributed by atoms with Gasteiger partial charge in [0.05, 0.1) is 22.8 Å². The maximum absolute atomic E-state index is 13.4. The lowest BCUT2D eigenvalue weighted by molar-refractivity contribution is -0.137. The van der Waals surface area contributed by atoms with Gasteiger partial charge in [-0.15, -0.1) is 11.3 Å². The van der Waals surface area contributed by atoms with Crippen molar-refractivity contribution in [3.05, 3.63) is 86.7 Å². The molecule has 0 spiro atoms. The van der Waals surface area contributed by atoms with Crippen LogP contribution in [0.15, 0.2) is 66.2 Å². The molecule has 0 saturated carbocycles. The second-order valence-corrected chi connectivity index (χ2v) is 11.5. The third-order valence-electron chi connectivity index (χ3n) is 6.86. The summed E-state index contributed by atoms with van der Waals surface area (Å²) in [7, 11) is 0. The Hall–Kier alpha value is -4.01. The average molecular weight is 651 g/mol. The van der Waals surface area contributed by atoms with E-state index in [1.54, 1.807) is 17.9 Å². The van der Waals surface area contributed by atoms with Crippen molar-refractivity contribution in [1.82, 2.24) is 25.1 Å². The van der Waals surface area contributed by atoms with Gasteiger partial charge in [0, 0.05) is 43.6 Å². The van der Waals surface area contributed by atoms with Crippen LogP contribution in [-0.2, 0) is 15.8 Å². The predicted octanol–water partition coefficient (Wildman–Crippen LogP) is 4.49. The van der Waals surface area contributed by atoms with Crippen LogP contribution in [0.25, 0.3) is 0 Å². The molecule has 15 heteroatoms. The Balaban J connectivity index is 1.44. The van der Waals surface area contributed by atoms with Crippen molar-refractivity contribution in [2.24, 2.45) is 0 Å². The van der Waals surface area contributed by atoms with Crippen LogP contribution < -0.4 is 10.6 Å². The third-order valence-corrected chi connectivity index (χ3v) is 8.34. The van der Waals surface area contributed by atoms with Crippen molar-refractivity contribution >= 4 is 46.5 Å². The molecule has 234 valence electrons. The summed E-state index contributed by atoms with van der Waals surface area (Å²) in [5, 5.41) is 14.2. The first-order chi connectivity index (χ1) is 20.8. The first-order valence-corrected chi connectivity index (χ1v) is 14.8. The van der Waals surface area contributed by atoms with E-state index >= 15 is 0 Å². The van der Waals surface area contributed by atoms with Gasteiger partial charge in [0.25, 0.3) is 5.91 Å². The average Bonchev–Trinajstić information content (AvgIpc) is 3.51. The van der Waals surface area contributed by atoms with Crippen molar-refractivity contribution in [1.29, 1.82) is 0 Å². The molecule has 0 bridgehead atoms. The van der Waals surface area contributed by atoms with Gasteiger partial charge in [-0.3, -0.25) is 14.4 Å². The molecule has 3 N–H and O–H groups in total. The Morgan fingerprint density at radius 2 is 1.86 bits per heavy atom. The number of thiazole rings is 1. The second kappa shape index (κ2) is 14.2. The van der Waals surface area contributed by atoms with Crippen molar-refractivity contribution in [3.8, 4) is 0 Å². The molecule has 2 aromatic rings. The minimum Gasteiger partial charge on any atom is -0.387 e. The summed E-state index contributed by atoms with van der Waals surface area (Å²) < 4.78 is 39.5. The van der Waals surface area contributed by atoms with E-state index in [0.29, 0.717) is 55.7 Å². The lowest BCUT2D eigenvalue weighted by Crippen LogP contribution is -2.48. The van der Waals surface area contributed by atoms with Crippen LogP contribution in [-0.4, -0.2) is 75.4 Å². The zero-order valence-electron chi connectivity index (χ0n) is 23.7. The van der Waals surface area contributed by atoms with Gasteiger partial charge in [0.15, 0.2) is 0 Å². The van der Waals surface area contributed by atoms with Gasteiger partial charge in [0.2, 0.25) is 11.8 Å². The fourth-order valence-corrected chi connectivity index (χ4v) is 5.55. The largest absolute Gasteiger partial charge is 0.418 e. The molecular formula is C29H30ClF3N6O4S. The van der Waals surface area contributed by atoms with E-state index in [1.807, 2.05) is 18.2 Å². The van der Waals surface area contributed by atoms with E-state index < -0.39 is 35.3 Å². The molecule has 1 aliphatic carbocycles. The zero-order valence-corrected chi connectivity index (χ0v) is 25.2. The summed E-state index contributed by atoms with van der Waals surface area (Å²) in [5.74, 6) is -1.69. The van der Waals surface area contributed by atoms with E-state index in [-0.39, 0.29) is 22.5 Å². The fraction of sp³-hybridized carbons (Fsp3) is 0.345. The number of amides is 3. The third kappa shape index (κ3) is 8.33. The number of nitrogens with one attached hydrogen (secondary N) is 2. The number of rotatable bonds is 7. The molecule has 44 heavy (non-hydrogen) atoms. The Kier molecular flexibility index (Phi) is 10.6. The van der Waals surface area contributed by atoms with Crippen LogP contribution in [0.1, 0.15) is 46.0 Å².